The molecule has 126 valence electrons. The molecule has 0 radical (unpaired) electrons. The Morgan fingerprint density at radius 2 is 1.83 bits per heavy atom. The Morgan fingerprint density at radius 1 is 1.21 bits per heavy atom. The quantitative estimate of drug-likeness (QED) is 0.829. The van der Waals surface area contributed by atoms with Crippen molar-refractivity contribution in [2.75, 3.05) is 12.4 Å². The summed E-state index contributed by atoms with van der Waals surface area (Å²) in [5.41, 5.74) is 1.86. The molecule has 0 bridgehead atoms. The van der Waals surface area contributed by atoms with E-state index in [1.165, 1.54) is 7.05 Å². The minimum absolute atomic E-state index is 0.0613. The highest BCUT2D eigenvalue weighted by atomic mass is 32.2. The van der Waals surface area contributed by atoms with Gasteiger partial charge in [0.15, 0.2) is 0 Å². The Hall–Kier alpha value is -2.19. The average molecular weight is 364 g/mol. The van der Waals surface area contributed by atoms with Gasteiger partial charge in [-0.25, -0.2) is 12.7 Å². The molecule has 3 rings (SSSR count). The standard InChI is InChI=1S/C16H16N2O4S2/c1-9-4-6-11(7-5-9)17-14(19)13-12-8-10(2)23-16(12)24(21,22)18(3)15(13)20/h4-8,13H,1-3H3,(H,17,19). The lowest BCUT2D eigenvalue weighted by Gasteiger charge is -2.28. The number of anilines is 1. The summed E-state index contributed by atoms with van der Waals surface area (Å²) in [6.45, 7) is 3.68. The number of amides is 2. The number of fused-ring (bicyclic) bond motifs is 1. The van der Waals surface area contributed by atoms with E-state index in [9.17, 15) is 18.0 Å². The zero-order chi connectivity index (χ0) is 17.6. The summed E-state index contributed by atoms with van der Waals surface area (Å²) < 4.78 is 25.5. The van der Waals surface area contributed by atoms with Crippen molar-refractivity contribution in [3.8, 4) is 0 Å². The van der Waals surface area contributed by atoms with Gasteiger partial charge in [0.25, 0.3) is 15.9 Å². The molecule has 0 spiro atoms. The Kier molecular flexibility index (Phi) is 3.97. The van der Waals surface area contributed by atoms with Gasteiger partial charge in [-0.2, -0.15) is 0 Å². The number of thiophene rings is 1. The minimum Gasteiger partial charge on any atom is -0.325 e. The van der Waals surface area contributed by atoms with Crippen molar-refractivity contribution in [2.24, 2.45) is 0 Å². The third-order valence-corrected chi connectivity index (χ3v) is 7.24. The fourth-order valence-corrected chi connectivity index (χ4v) is 5.57. The molecule has 8 heteroatoms. The Labute approximate surface area is 144 Å². The van der Waals surface area contributed by atoms with Crippen LogP contribution in [0.2, 0.25) is 0 Å². The molecule has 6 nitrogen and oxygen atoms in total. The first kappa shape index (κ1) is 16.7. The third kappa shape index (κ3) is 2.61. The summed E-state index contributed by atoms with van der Waals surface area (Å²) >= 11 is 1.07. The minimum atomic E-state index is -3.87. The molecule has 0 fully saturated rings. The van der Waals surface area contributed by atoms with Gasteiger partial charge in [0, 0.05) is 23.2 Å². The van der Waals surface area contributed by atoms with Crippen molar-refractivity contribution in [1.82, 2.24) is 4.31 Å². The van der Waals surface area contributed by atoms with Gasteiger partial charge in [-0.3, -0.25) is 9.59 Å². The van der Waals surface area contributed by atoms with Gasteiger partial charge in [-0.1, -0.05) is 17.7 Å². The number of hydrogen-bond acceptors (Lipinski definition) is 5. The van der Waals surface area contributed by atoms with E-state index in [4.69, 9.17) is 0 Å². The number of hydrogen-bond donors (Lipinski definition) is 1. The molecule has 1 aliphatic rings. The molecule has 1 N–H and O–H groups in total. The highest BCUT2D eigenvalue weighted by molar-refractivity contribution is 7.92. The predicted molar refractivity (Wildman–Crippen MR) is 91.6 cm³/mol. The summed E-state index contributed by atoms with van der Waals surface area (Å²) in [4.78, 5) is 25.9. The number of rotatable bonds is 2. The van der Waals surface area contributed by atoms with Gasteiger partial charge in [0.1, 0.15) is 10.1 Å². The number of aryl methyl sites for hydroxylation is 2. The van der Waals surface area contributed by atoms with Crippen molar-refractivity contribution in [3.63, 3.8) is 0 Å². The summed E-state index contributed by atoms with van der Waals surface area (Å²) in [6.07, 6.45) is 0. The first-order valence-electron chi connectivity index (χ1n) is 7.22. The fraction of sp³-hybridized carbons (Fsp3) is 0.250. The molecule has 2 amide bonds. The molecule has 24 heavy (non-hydrogen) atoms. The molecule has 1 aliphatic heterocycles. The predicted octanol–water partition coefficient (Wildman–Crippen LogP) is 2.25. The SMILES string of the molecule is Cc1ccc(NC(=O)C2C(=O)N(C)S(=O)(=O)c3sc(C)cc32)cc1. The summed E-state index contributed by atoms with van der Waals surface area (Å²) in [5, 5.41) is 2.69. The molecule has 0 saturated carbocycles. The van der Waals surface area contributed by atoms with Crippen LogP contribution in [0.3, 0.4) is 0 Å². The number of sulfonamides is 1. The summed E-state index contributed by atoms with van der Waals surface area (Å²) in [7, 11) is -2.69. The van der Waals surface area contributed by atoms with Gasteiger partial charge < -0.3 is 5.32 Å². The topological polar surface area (TPSA) is 83.6 Å². The van der Waals surface area contributed by atoms with Crippen molar-refractivity contribution in [2.45, 2.75) is 24.0 Å². The van der Waals surface area contributed by atoms with E-state index in [1.54, 1.807) is 25.1 Å². The normalized spacial score (nSPS) is 19.0. The van der Waals surface area contributed by atoms with E-state index in [-0.39, 0.29) is 9.77 Å². The highest BCUT2D eigenvalue weighted by Gasteiger charge is 2.45. The lowest BCUT2D eigenvalue weighted by molar-refractivity contribution is -0.132. The van der Waals surface area contributed by atoms with Crippen LogP contribution in [0.15, 0.2) is 34.5 Å². The Bertz CT molecular complexity index is 929. The van der Waals surface area contributed by atoms with Crippen LogP contribution in [0, 0.1) is 13.8 Å². The van der Waals surface area contributed by atoms with E-state index in [2.05, 4.69) is 5.32 Å². The maximum Gasteiger partial charge on any atom is 0.276 e. The van der Waals surface area contributed by atoms with Gasteiger partial charge in [0.05, 0.1) is 0 Å². The molecule has 0 aliphatic carbocycles. The molecule has 1 atom stereocenters. The fourth-order valence-electron chi connectivity index (χ4n) is 2.58. The summed E-state index contributed by atoms with van der Waals surface area (Å²) in [5.74, 6) is -2.45. The van der Waals surface area contributed by atoms with Crippen LogP contribution in [0.4, 0.5) is 5.69 Å². The van der Waals surface area contributed by atoms with E-state index in [1.807, 2.05) is 19.1 Å². The van der Waals surface area contributed by atoms with Crippen molar-refractivity contribution in [1.29, 1.82) is 0 Å². The molecular formula is C16H16N2O4S2. The number of benzene rings is 1. The second-order valence-electron chi connectivity index (χ2n) is 5.70. The Morgan fingerprint density at radius 3 is 2.46 bits per heavy atom. The largest absolute Gasteiger partial charge is 0.325 e. The maximum absolute atomic E-state index is 12.6. The van der Waals surface area contributed by atoms with Crippen molar-refractivity contribution < 1.29 is 18.0 Å². The highest BCUT2D eigenvalue weighted by Crippen LogP contribution is 2.39. The number of nitrogens with one attached hydrogen (secondary N) is 1. The van der Waals surface area contributed by atoms with Crippen LogP contribution in [0.25, 0.3) is 0 Å². The number of carbonyl (C=O) groups is 2. The zero-order valence-corrected chi connectivity index (χ0v) is 15.0. The van der Waals surface area contributed by atoms with E-state index in [0.29, 0.717) is 9.99 Å². The molecule has 1 unspecified atom stereocenters. The van der Waals surface area contributed by atoms with Gasteiger partial charge in [-0.15, -0.1) is 11.3 Å². The molecule has 1 aromatic heterocycles. The first-order valence-corrected chi connectivity index (χ1v) is 9.48. The maximum atomic E-state index is 12.6. The van der Waals surface area contributed by atoms with E-state index < -0.39 is 27.8 Å². The van der Waals surface area contributed by atoms with Crippen LogP contribution in [0.5, 0.6) is 0 Å². The first-order chi connectivity index (χ1) is 11.2. The lowest BCUT2D eigenvalue weighted by Crippen LogP contribution is -2.45. The van der Waals surface area contributed by atoms with Crippen LogP contribution < -0.4 is 5.32 Å². The van der Waals surface area contributed by atoms with E-state index >= 15 is 0 Å². The molecule has 1 aromatic carbocycles. The van der Waals surface area contributed by atoms with Gasteiger partial charge in [0.2, 0.25) is 5.91 Å². The van der Waals surface area contributed by atoms with Gasteiger partial charge >= 0.3 is 0 Å². The molecule has 2 aromatic rings. The average Bonchev–Trinajstić information content (AvgIpc) is 2.90. The lowest BCUT2D eigenvalue weighted by atomic mass is 9.99. The zero-order valence-electron chi connectivity index (χ0n) is 13.4. The Balaban J connectivity index is 2.01. The van der Waals surface area contributed by atoms with Crippen LogP contribution in [0.1, 0.15) is 21.9 Å². The van der Waals surface area contributed by atoms with Crippen LogP contribution in [-0.4, -0.2) is 31.6 Å². The summed E-state index contributed by atoms with van der Waals surface area (Å²) in [6, 6.07) is 8.76. The molecule has 2 heterocycles. The number of carbonyl (C=O) groups excluding carboxylic acids is 2. The van der Waals surface area contributed by atoms with Gasteiger partial charge in [-0.05, 0) is 32.0 Å². The monoisotopic (exact) mass is 364 g/mol. The second-order valence-corrected chi connectivity index (χ2v) is 9.12. The van der Waals surface area contributed by atoms with Crippen molar-refractivity contribution >= 4 is 38.9 Å². The van der Waals surface area contributed by atoms with Crippen LogP contribution in [-0.2, 0) is 19.6 Å². The third-order valence-electron chi connectivity index (χ3n) is 3.89. The van der Waals surface area contributed by atoms with Crippen LogP contribution >= 0.6 is 11.3 Å². The smallest absolute Gasteiger partial charge is 0.276 e. The molecular weight excluding hydrogens is 348 g/mol. The number of nitrogens with zero attached hydrogens (tertiary/aromatic N) is 1. The van der Waals surface area contributed by atoms with E-state index in [0.717, 1.165) is 21.8 Å². The molecule has 0 saturated heterocycles. The number of likely N-dealkylation sites (N-methyl/N-ethyl adjacent to an activating group) is 1. The van der Waals surface area contributed by atoms with Crippen molar-refractivity contribution in [3.05, 3.63) is 46.3 Å². The second kappa shape index (κ2) is 5.71.